The number of nitrogens with one attached hydrogen (secondary N) is 2. The first-order valence-corrected chi connectivity index (χ1v) is 10.1. The normalized spacial score (nSPS) is 21.2. The van der Waals surface area contributed by atoms with Crippen LogP contribution >= 0.6 is 11.6 Å². The van der Waals surface area contributed by atoms with Gasteiger partial charge in [0, 0.05) is 50.1 Å². The molecule has 5 nitrogen and oxygen atoms in total. The molecule has 0 aliphatic carbocycles. The summed E-state index contributed by atoms with van der Waals surface area (Å²) >= 11 is 6.24. The molecule has 1 aliphatic heterocycles. The summed E-state index contributed by atoms with van der Waals surface area (Å²) in [5.74, 6) is 1.38. The fraction of sp³-hybridized carbons (Fsp3) is 0.476. The zero-order valence-electron chi connectivity index (χ0n) is 16.2. The molecule has 0 spiro atoms. The summed E-state index contributed by atoms with van der Waals surface area (Å²) in [6, 6.07) is 12.7. The van der Waals surface area contributed by atoms with E-state index >= 15 is 0 Å². The quantitative estimate of drug-likeness (QED) is 0.590. The Balaban J connectivity index is 1.56. The van der Waals surface area contributed by atoms with Gasteiger partial charge in [-0.2, -0.15) is 0 Å². The summed E-state index contributed by atoms with van der Waals surface area (Å²) in [6.45, 7) is 3.78. The third kappa shape index (κ3) is 5.50. The van der Waals surface area contributed by atoms with Gasteiger partial charge < -0.3 is 15.2 Å². The van der Waals surface area contributed by atoms with E-state index in [0.29, 0.717) is 12.0 Å². The zero-order chi connectivity index (χ0) is 19.1. The Morgan fingerprint density at radius 1 is 1.22 bits per heavy atom. The summed E-state index contributed by atoms with van der Waals surface area (Å²) in [5, 5.41) is 7.74. The Bertz CT molecular complexity index is 728. The first kappa shape index (κ1) is 19.8. The number of piperidine rings is 1. The van der Waals surface area contributed by atoms with Gasteiger partial charge >= 0.3 is 0 Å². The topological polar surface area (TPSA) is 44.6 Å². The number of hydrogen-bond acceptors (Lipinski definition) is 2. The van der Waals surface area contributed by atoms with Gasteiger partial charge in [0.2, 0.25) is 0 Å². The minimum atomic E-state index is 0.378. The molecule has 1 fully saturated rings. The molecule has 0 saturated carbocycles. The number of benzene rings is 1. The molecule has 0 bridgehead atoms. The van der Waals surface area contributed by atoms with E-state index in [0.717, 1.165) is 37.2 Å². The number of nitrogens with zero attached hydrogens (tertiary/aromatic N) is 3. The fourth-order valence-corrected chi connectivity index (χ4v) is 4.16. The molecule has 1 aromatic carbocycles. The van der Waals surface area contributed by atoms with E-state index in [1.807, 2.05) is 31.3 Å². The molecule has 0 radical (unpaired) electrons. The largest absolute Gasteiger partial charge is 0.356 e. The Labute approximate surface area is 167 Å². The molecule has 1 aliphatic rings. The van der Waals surface area contributed by atoms with Crippen molar-refractivity contribution in [2.24, 2.45) is 10.9 Å². The first-order chi connectivity index (χ1) is 13.2. The number of aliphatic imine (C=N–C) groups is 1. The number of aromatic nitrogens is 1. The van der Waals surface area contributed by atoms with E-state index in [9.17, 15) is 0 Å². The van der Waals surface area contributed by atoms with Crippen molar-refractivity contribution in [2.45, 2.75) is 25.4 Å². The van der Waals surface area contributed by atoms with Gasteiger partial charge in [0.25, 0.3) is 0 Å². The van der Waals surface area contributed by atoms with Crippen molar-refractivity contribution in [1.29, 1.82) is 0 Å². The van der Waals surface area contributed by atoms with Crippen LogP contribution in [-0.4, -0.2) is 49.2 Å². The van der Waals surface area contributed by atoms with Crippen molar-refractivity contribution >= 4 is 17.6 Å². The van der Waals surface area contributed by atoms with Crippen LogP contribution in [0.3, 0.4) is 0 Å². The molecule has 2 aromatic rings. The zero-order valence-corrected chi connectivity index (χ0v) is 17.0. The van der Waals surface area contributed by atoms with Crippen LogP contribution in [0.5, 0.6) is 0 Å². The number of halogens is 1. The van der Waals surface area contributed by atoms with Crippen molar-refractivity contribution in [3.8, 4) is 0 Å². The lowest BCUT2D eigenvalue weighted by Crippen LogP contribution is -2.45. The molecule has 2 heterocycles. The predicted molar refractivity (Wildman–Crippen MR) is 113 cm³/mol. The summed E-state index contributed by atoms with van der Waals surface area (Å²) in [5.41, 5.74) is 1.30. The molecule has 1 saturated heterocycles. The van der Waals surface area contributed by atoms with Gasteiger partial charge in [-0.05, 0) is 62.2 Å². The Morgan fingerprint density at radius 3 is 2.78 bits per heavy atom. The highest BCUT2D eigenvalue weighted by molar-refractivity contribution is 6.30. The highest BCUT2D eigenvalue weighted by Gasteiger charge is 2.30. The smallest absolute Gasteiger partial charge is 0.191 e. The molecule has 27 heavy (non-hydrogen) atoms. The highest BCUT2D eigenvalue weighted by atomic mass is 35.5. The summed E-state index contributed by atoms with van der Waals surface area (Å²) in [7, 11) is 4.04. The van der Waals surface area contributed by atoms with Crippen molar-refractivity contribution in [2.75, 3.05) is 33.7 Å². The molecular formula is C21H30ClN5. The Kier molecular flexibility index (Phi) is 7.18. The van der Waals surface area contributed by atoms with Crippen molar-refractivity contribution < 1.29 is 0 Å². The fourth-order valence-electron chi connectivity index (χ4n) is 3.96. The van der Waals surface area contributed by atoms with Crippen LogP contribution in [0, 0.1) is 5.92 Å². The van der Waals surface area contributed by atoms with Gasteiger partial charge in [-0.1, -0.05) is 23.7 Å². The summed E-state index contributed by atoms with van der Waals surface area (Å²) in [6.07, 6.45) is 6.57. The van der Waals surface area contributed by atoms with E-state index in [-0.39, 0.29) is 0 Å². The third-order valence-corrected chi connectivity index (χ3v) is 5.52. The van der Waals surface area contributed by atoms with Gasteiger partial charge in [-0.15, -0.1) is 0 Å². The van der Waals surface area contributed by atoms with E-state index in [2.05, 4.69) is 56.7 Å². The van der Waals surface area contributed by atoms with Crippen molar-refractivity contribution in [3.63, 3.8) is 0 Å². The minimum absolute atomic E-state index is 0.378. The van der Waals surface area contributed by atoms with E-state index in [1.54, 1.807) is 0 Å². The molecule has 3 rings (SSSR count). The second-order valence-electron chi connectivity index (χ2n) is 7.18. The monoisotopic (exact) mass is 387 g/mol. The van der Waals surface area contributed by atoms with Crippen LogP contribution in [-0.2, 0) is 6.54 Å². The lowest BCUT2D eigenvalue weighted by Gasteiger charge is -2.40. The molecule has 2 atom stereocenters. The number of likely N-dealkylation sites (tertiary alicyclic amines) is 1. The van der Waals surface area contributed by atoms with Crippen LogP contribution in [0.25, 0.3) is 0 Å². The SMILES string of the molecule is CN=C(NCCn1cccc1)NCC1CCCN(C)C1c1cccc(Cl)c1. The lowest BCUT2D eigenvalue weighted by molar-refractivity contribution is 0.122. The number of guanidine groups is 1. The van der Waals surface area contributed by atoms with E-state index < -0.39 is 0 Å². The van der Waals surface area contributed by atoms with Crippen LogP contribution in [0.2, 0.25) is 5.02 Å². The number of rotatable bonds is 6. The van der Waals surface area contributed by atoms with Gasteiger partial charge in [-0.25, -0.2) is 0 Å². The maximum atomic E-state index is 6.24. The lowest BCUT2D eigenvalue weighted by atomic mass is 9.85. The third-order valence-electron chi connectivity index (χ3n) is 5.28. The number of hydrogen-bond donors (Lipinski definition) is 2. The maximum absolute atomic E-state index is 6.24. The van der Waals surface area contributed by atoms with Crippen molar-refractivity contribution in [3.05, 3.63) is 59.4 Å². The molecule has 146 valence electrons. The molecule has 0 amide bonds. The average Bonchev–Trinajstić information content (AvgIpc) is 3.18. The molecule has 2 unspecified atom stereocenters. The van der Waals surface area contributed by atoms with Gasteiger partial charge in [-0.3, -0.25) is 9.89 Å². The van der Waals surface area contributed by atoms with Gasteiger partial charge in [0.05, 0.1) is 0 Å². The Morgan fingerprint density at radius 2 is 2.04 bits per heavy atom. The molecule has 1 aromatic heterocycles. The average molecular weight is 388 g/mol. The summed E-state index contributed by atoms with van der Waals surface area (Å²) in [4.78, 5) is 6.82. The van der Waals surface area contributed by atoms with Crippen LogP contribution in [0.1, 0.15) is 24.4 Å². The summed E-state index contributed by atoms with van der Waals surface area (Å²) < 4.78 is 2.16. The maximum Gasteiger partial charge on any atom is 0.191 e. The van der Waals surface area contributed by atoms with Gasteiger partial charge in [0.15, 0.2) is 5.96 Å². The van der Waals surface area contributed by atoms with Gasteiger partial charge in [0.1, 0.15) is 0 Å². The minimum Gasteiger partial charge on any atom is -0.356 e. The Hall–Kier alpha value is -1.98. The standard InChI is InChI=1S/C21H30ClN5/c1-23-21(24-10-14-27-12-3-4-13-27)25-16-18-8-6-11-26(2)20(18)17-7-5-9-19(22)15-17/h3-5,7,9,12-13,15,18,20H,6,8,10-11,14,16H2,1-2H3,(H2,23,24,25). The van der Waals surface area contributed by atoms with E-state index in [1.165, 1.54) is 18.4 Å². The van der Waals surface area contributed by atoms with Crippen LogP contribution in [0.4, 0.5) is 0 Å². The second-order valence-corrected chi connectivity index (χ2v) is 7.62. The highest BCUT2D eigenvalue weighted by Crippen LogP contribution is 2.35. The molecule has 6 heteroatoms. The second kappa shape index (κ2) is 9.81. The first-order valence-electron chi connectivity index (χ1n) is 9.68. The predicted octanol–water partition coefficient (Wildman–Crippen LogP) is 3.39. The van der Waals surface area contributed by atoms with E-state index in [4.69, 9.17) is 11.6 Å². The molecular weight excluding hydrogens is 358 g/mol. The van der Waals surface area contributed by atoms with Crippen molar-refractivity contribution in [1.82, 2.24) is 20.1 Å². The molecule has 2 N–H and O–H groups in total. The van der Waals surface area contributed by atoms with Crippen LogP contribution < -0.4 is 10.6 Å². The van der Waals surface area contributed by atoms with Crippen LogP contribution in [0.15, 0.2) is 53.8 Å².